The van der Waals surface area contributed by atoms with Gasteiger partial charge in [0.25, 0.3) is 0 Å². The van der Waals surface area contributed by atoms with Crippen molar-refractivity contribution in [3.8, 4) is 0 Å². The van der Waals surface area contributed by atoms with E-state index in [2.05, 4.69) is 0 Å². The van der Waals surface area contributed by atoms with Crippen LogP contribution in [0.25, 0.3) is 0 Å². The van der Waals surface area contributed by atoms with Gasteiger partial charge in [0.1, 0.15) is 0 Å². The summed E-state index contributed by atoms with van der Waals surface area (Å²) in [6.45, 7) is 1.64. The third-order valence-corrected chi connectivity index (χ3v) is 2.17. The van der Waals surface area contributed by atoms with Crippen LogP contribution in [0.5, 0.6) is 0 Å². The molecule has 0 spiro atoms. The highest BCUT2D eigenvalue weighted by molar-refractivity contribution is 6.31. The van der Waals surface area contributed by atoms with E-state index in [1.54, 1.807) is 25.1 Å². The minimum atomic E-state index is -0.686. The molecule has 72 valence electrons. The van der Waals surface area contributed by atoms with Crippen LogP contribution >= 0.6 is 11.6 Å². The molecule has 0 aromatic heterocycles. The molecular formula is C10H13ClO2. The van der Waals surface area contributed by atoms with Gasteiger partial charge in [0.2, 0.25) is 0 Å². The summed E-state index contributed by atoms with van der Waals surface area (Å²) in [4.78, 5) is 0. The molecule has 0 saturated heterocycles. The third-order valence-electron chi connectivity index (χ3n) is 1.83. The lowest BCUT2D eigenvalue weighted by molar-refractivity contribution is 0.0908. The Morgan fingerprint density at radius 2 is 1.92 bits per heavy atom. The van der Waals surface area contributed by atoms with E-state index in [9.17, 15) is 5.11 Å². The summed E-state index contributed by atoms with van der Waals surface area (Å²) >= 11 is 5.86. The smallest absolute Gasteiger partial charge is 0.0828 e. The van der Waals surface area contributed by atoms with Gasteiger partial charge in [-0.1, -0.05) is 29.8 Å². The Labute approximate surface area is 82.8 Å². The van der Waals surface area contributed by atoms with Crippen molar-refractivity contribution >= 4 is 11.6 Å². The zero-order valence-electron chi connectivity index (χ0n) is 7.44. The van der Waals surface area contributed by atoms with Crippen molar-refractivity contribution in [2.75, 3.05) is 0 Å². The number of aliphatic hydroxyl groups is 2. The van der Waals surface area contributed by atoms with Crippen LogP contribution in [0.15, 0.2) is 24.3 Å². The van der Waals surface area contributed by atoms with Crippen molar-refractivity contribution in [3.63, 3.8) is 0 Å². The van der Waals surface area contributed by atoms with E-state index >= 15 is 0 Å². The van der Waals surface area contributed by atoms with Gasteiger partial charge in [-0.3, -0.25) is 0 Å². The maximum Gasteiger partial charge on any atom is 0.0828 e. The summed E-state index contributed by atoms with van der Waals surface area (Å²) < 4.78 is 0. The van der Waals surface area contributed by atoms with E-state index < -0.39 is 12.2 Å². The van der Waals surface area contributed by atoms with Crippen LogP contribution in [-0.2, 0) is 0 Å². The lowest BCUT2D eigenvalue weighted by Crippen LogP contribution is -2.08. The maximum absolute atomic E-state index is 9.63. The molecule has 0 unspecified atom stereocenters. The molecule has 3 heteroatoms. The van der Waals surface area contributed by atoms with Crippen molar-refractivity contribution in [1.29, 1.82) is 0 Å². The second-order valence-electron chi connectivity index (χ2n) is 3.12. The fraction of sp³-hybridized carbons (Fsp3) is 0.400. The van der Waals surface area contributed by atoms with E-state index in [0.29, 0.717) is 17.0 Å². The molecule has 0 fully saturated rings. The SMILES string of the molecule is C[C@@H](O)C[C@H](O)c1ccccc1Cl. The zero-order chi connectivity index (χ0) is 9.84. The molecule has 0 saturated carbocycles. The quantitative estimate of drug-likeness (QED) is 0.785. The Bertz CT molecular complexity index is 273. The molecular weight excluding hydrogens is 188 g/mol. The summed E-state index contributed by atoms with van der Waals surface area (Å²) in [5.41, 5.74) is 0.671. The largest absolute Gasteiger partial charge is 0.393 e. The second kappa shape index (κ2) is 4.61. The van der Waals surface area contributed by atoms with Crippen molar-refractivity contribution in [1.82, 2.24) is 0 Å². The minimum Gasteiger partial charge on any atom is -0.393 e. The predicted molar refractivity (Wildman–Crippen MR) is 52.7 cm³/mol. The van der Waals surface area contributed by atoms with Crippen LogP contribution < -0.4 is 0 Å². The first-order valence-corrected chi connectivity index (χ1v) is 4.59. The van der Waals surface area contributed by atoms with Gasteiger partial charge < -0.3 is 10.2 Å². The first kappa shape index (κ1) is 10.5. The summed E-state index contributed by atoms with van der Waals surface area (Å²) in [5, 5.41) is 19.2. The monoisotopic (exact) mass is 200 g/mol. The molecule has 1 aromatic rings. The van der Waals surface area contributed by atoms with Crippen molar-refractivity contribution in [3.05, 3.63) is 34.9 Å². The standard InChI is InChI=1S/C10H13ClO2/c1-7(12)6-10(13)8-4-2-3-5-9(8)11/h2-5,7,10,12-13H,6H2,1H3/t7-,10+/m1/s1. The topological polar surface area (TPSA) is 40.5 Å². The van der Waals surface area contributed by atoms with Gasteiger partial charge >= 0.3 is 0 Å². The average Bonchev–Trinajstić information content (AvgIpc) is 2.03. The second-order valence-corrected chi connectivity index (χ2v) is 3.53. The van der Waals surface area contributed by atoms with Crippen molar-refractivity contribution < 1.29 is 10.2 Å². The number of halogens is 1. The van der Waals surface area contributed by atoms with Crippen LogP contribution in [0.4, 0.5) is 0 Å². The zero-order valence-corrected chi connectivity index (χ0v) is 8.20. The van der Waals surface area contributed by atoms with Gasteiger partial charge in [0, 0.05) is 11.4 Å². The molecule has 0 aliphatic carbocycles. The summed E-state index contributed by atoms with van der Waals surface area (Å²) in [5.74, 6) is 0. The number of hydrogen-bond donors (Lipinski definition) is 2. The number of benzene rings is 1. The first-order valence-electron chi connectivity index (χ1n) is 4.22. The molecule has 1 aromatic carbocycles. The Morgan fingerprint density at radius 1 is 1.31 bits per heavy atom. The molecule has 13 heavy (non-hydrogen) atoms. The molecule has 0 aliphatic heterocycles. The van der Waals surface area contributed by atoms with E-state index in [4.69, 9.17) is 16.7 Å². The van der Waals surface area contributed by atoms with Crippen LogP contribution in [0.1, 0.15) is 25.0 Å². The molecule has 0 bridgehead atoms. The molecule has 2 N–H and O–H groups in total. The van der Waals surface area contributed by atoms with Gasteiger partial charge in [0.15, 0.2) is 0 Å². The Hall–Kier alpha value is -0.570. The minimum absolute atomic E-state index is 0.309. The highest BCUT2D eigenvalue weighted by Crippen LogP contribution is 2.25. The molecule has 2 nitrogen and oxygen atoms in total. The molecule has 2 atom stereocenters. The van der Waals surface area contributed by atoms with E-state index in [1.165, 1.54) is 0 Å². The van der Waals surface area contributed by atoms with E-state index in [-0.39, 0.29) is 0 Å². The Kier molecular flexibility index (Phi) is 3.72. The first-order chi connectivity index (χ1) is 6.11. The highest BCUT2D eigenvalue weighted by Gasteiger charge is 2.12. The fourth-order valence-electron chi connectivity index (χ4n) is 1.20. The lowest BCUT2D eigenvalue weighted by Gasteiger charge is -2.13. The van der Waals surface area contributed by atoms with Crippen molar-refractivity contribution in [2.24, 2.45) is 0 Å². The van der Waals surface area contributed by atoms with Gasteiger partial charge in [-0.15, -0.1) is 0 Å². The highest BCUT2D eigenvalue weighted by atomic mass is 35.5. The number of rotatable bonds is 3. The van der Waals surface area contributed by atoms with Crippen LogP contribution in [-0.4, -0.2) is 16.3 Å². The summed E-state index contributed by atoms with van der Waals surface area (Å²) in [6.07, 6.45) is -0.899. The summed E-state index contributed by atoms with van der Waals surface area (Å²) in [6, 6.07) is 7.10. The number of aliphatic hydroxyl groups excluding tert-OH is 2. The molecule has 0 aliphatic rings. The van der Waals surface area contributed by atoms with E-state index in [1.807, 2.05) is 6.07 Å². The van der Waals surface area contributed by atoms with Gasteiger partial charge in [-0.25, -0.2) is 0 Å². The molecule has 0 radical (unpaired) electrons. The van der Waals surface area contributed by atoms with Gasteiger partial charge in [0.05, 0.1) is 12.2 Å². The van der Waals surface area contributed by atoms with Crippen LogP contribution in [0.2, 0.25) is 5.02 Å². The molecule has 0 heterocycles. The summed E-state index contributed by atoms with van der Waals surface area (Å²) in [7, 11) is 0. The van der Waals surface area contributed by atoms with Gasteiger partial charge in [-0.2, -0.15) is 0 Å². The molecule has 1 rings (SSSR count). The predicted octanol–water partition coefficient (Wildman–Crippen LogP) is 2.14. The Morgan fingerprint density at radius 3 is 2.46 bits per heavy atom. The number of hydrogen-bond acceptors (Lipinski definition) is 2. The lowest BCUT2D eigenvalue weighted by atomic mass is 10.0. The van der Waals surface area contributed by atoms with Crippen molar-refractivity contribution in [2.45, 2.75) is 25.6 Å². The van der Waals surface area contributed by atoms with Crippen LogP contribution in [0, 0.1) is 0 Å². The van der Waals surface area contributed by atoms with E-state index in [0.717, 1.165) is 0 Å². The van der Waals surface area contributed by atoms with Gasteiger partial charge in [-0.05, 0) is 18.6 Å². The van der Waals surface area contributed by atoms with Crippen LogP contribution in [0.3, 0.4) is 0 Å². The normalized spacial score (nSPS) is 15.4. The fourth-order valence-corrected chi connectivity index (χ4v) is 1.46. The Balaban J connectivity index is 2.76. The molecule has 0 amide bonds. The average molecular weight is 201 g/mol. The maximum atomic E-state index is 9.63. The third kappa shape index (κ3) is 2.99.